The van der Waals surface area contributed by atoms with E-state index in [1.54, 1.807) is 20.8 Å². The van der Waals surface area contributed by atoms with Crippen molar-refractivity contribution in [2.45, 2.75) is 39.2 Å². The van der Waals surface area contributed by atoms with Crippen LogP contribution in [0.3, 0.4) is 0 Å². The highest BCUT2D eigenvalue weighted by atomic mass is 32.2. The Morgan fingerprint density at radius 2 is 1.94 bits per heavy atom. The van der Waals surface area contributed by atoms with Crippen molar-refractivity contribution in [3.8, 4) is 0 Å². The van der Waals surface area contributed by atoms with Gasteiger partial charge in [0.2, 0.25) is 10.0 Å². The lowest BCUT2D eigenvalue weighted by atomic mass is 10.0. The number of carboxylic acids is 1. The van der Waals surface area contributed by atoms with Crippen LogP contribution in [0.5, 0.6) is 0 Å². The molecule has 0 amide bonds. The number of nitrogens with one attached hydrogen (secondary N) is 1. The fourth-order valence-electron chi connectivity index (χ4n) is 1.25. The van der Waals surface area contributed by atoms with E-state index >= 15 is 0 Å². The van der Waals surface area contributed by atoms with E-state index in [1.165, 1.54) is 0 Å². The summed E-state index contributed by atoms with van der Waals surface area (Å²) in [5.74, 6) is -1.07. The Kier molecular flexibility index (Phi) is 5.15. The number of hydrogen-bond acceptors (Lipinski definition) is 3. The monoisotopic (exact) mass is 249 g/mol. The summed E-state index contributed by atoms with van der Waals surface area (Å²) in [6.07, 6.45) is 0.181. The first-order chi connectivity index (χ1) is 7.04. The number of carboxylic acid groups (broad SMARTS) is 1. The van der Waals surface area contributed by atoms with Gasteiger partial charge in [0, 0.05) is 12.0 Å². The number of rotatable bonds is 7. The van der Waals surface area contributed by atoms with Gasteiger partial charge in [-0.2, -0.15) is 0 Å². The molecule has 0 fully saturated rings. The quantitative estimate of drug-likeness (QED) is 0.662. The van der Waals surface area contributed by atoms with Crippen LogP contribution < -0.4 is 4.72 Å². The Morgan fingerprint density at radius 1 is 1.44 bits per heavy atom. The van der Waals surface area contributed by atoms with E-state index in [-0.39, 0.29) is 18.6 Å². The van der Waals surface area contributed by atoms with Gasteiger partial charge in [-0.15, -0.1) is 0 Å². The average molecular weight is 249 g/mol. The average Bonchev–Trinajstić information content (AvgIpc) is 1.95. The molecule has 5 nitrogen and oxygen atoms in total. The van der Waals surface area contributed by atoms with Crippen LogP contribution in [0.25, 0.3) is 0 Å². The molecular formula is C10H19NO4S. The highest BCUT2D eigenvalue weighted by molar-refractivity contribution is 7.89. The standard InChI is InChI=1S/C10H19NO4S/c1-8(2)7-16(14,15)11-10(3,4)6-5-9(12)13/h11H,1,5-7H2,2-4H3,(H,12,13). The molecule has 0 aliphatic heterocycles. The van der Waals surface area contributed by atoms with Crippen LogP contribution in [0.1, 0.15) is 33.6 Å². The molecule has 2 N–H and O–H groups in total. The van der Waals surface area contributed by atoms with Crippen molar-refractivity contribution in [1.82, 2.24) is 4.72 Å². The van der Waals surface area contributed by atoms with Crippen LogP contribution in [0, 0.1) is 0 Å². The molecule has 6 heteroatoms. The van der Waals surface area contributed by atoms with Crippen LogP contribution in [0.15, 0.2) is 12.2 Å². The highest BCUT2D eigenvalue weighted by Crippen LogP contribution is 2.13. The summed E-state index contributed by atoms with van der Waals surface area (Å²) < 4.78 is 25.6. The van der Waals surface area contributed by atoms with Gasteiger partial charge in [0.05, 0.1) is 5.75 Å². The first kappa shape index (κ1) is 15.1. The van der Waals surface area contributed by atoms with Crippen molar-refractivity contribution in [3.05, 3.63) is 12.2 Å². The van der Waals surface area contributed by atoms with E-state index < -0.39 is 21.5 Å². The van der Waals surface area contributed by atoms with Gasteiger partial charge in [0.1, 0.15) is 0 Å². The van der Waals surface area contributed by atoms with E-state index in [4.69, 9.17) is 5.11 Å². The summed E-state index contributed by atoms with van der Waals surface area (Å²) >= 11 is 0. The van der Waals surface area contributed by atoms with Gasteiger partial charge in [-0.05, 0) is 27.2 Å². The maximum absolute atomic E-state index is 11.6. The molecule has 0 unspecified atom stereocenters. The number of aliphatic carboxylic acids is 1. The third-order valence-corrected chi connectivity index (χ3v) is 3.57. The summed E-state index contributed by atoms with van der Waals surface area (Å²) in [4.78, 5) is 10.4. The zero-order valence-electron chi connectivity index (χ0n) is 9.91. The largest absolute Gasteiger partial charge is 0.481 e. The second-order valence-corrected chi connectivity index (χ2v) is 6.32. The lowest BCUT2D eigenvalue weighted by Gasteiger charge is -2.25. The van der Waals surface area contributed by atoms with Gasteiger partial charge in [0.15, 0.2) is 0 Å². The number of sulfonamides is 1. The zero-order valence-corrected chi connectivity index (χ0v) is 10.7. The SMILES string of the molecule is C=C(C)CS(=O)(=O)NC(C)(C)CCC(=O)O. The molecule has 0 radical (unpaired) electrons. The third-order valence-electron chi connectivity index (χ3n) is 1.83. The fraction of sp³-hybridized carbons (Fsp3) is 0.700. The smallest absolute Gasteiger partial charge is 0.303 e. The number of hydrogen-bond donors (Lipinski definition) is 2. The highest BCUT2D eigenvalue weighted by Gasteiger charge is 2.25. The minimum Gasteiger partial charge on any atom is -0.481 e. The summed E-state index contributed by atoms with van der Waals surface area (Å²) in [6.45, 7) is 8.48. The maximum atomic E-state index is 11.6. The summed E-state index contributed by atoms with van der Waals surface area (Å²) in [5.41, 5.74) is -0.214. The minimum atomic E-state index is -3.43. The van der Waals surface area contributed by atoms with Gasteiger partial charge in [-0.3, -0.25) is 4.79 Å². The Labute approximate surface area is 96.6 Å². The molecular weight excluding hydrogens is 230 g/mol. The molecule has 0 aliphatic rings. The van der Waals surface area contributed by atoms with Crippen LogP contribution in [0.4, 0.5) is 0 Å². The second-order valence-electron chi connectivity index (χ2n) is 4.60. The third kappa shape index (κ3) is 7.42. The van der Waals surface area contributed by atoms with Crippen molar-refractivity contribution in [2.75, 3.05) is 5.75 Å². The van der Waals surface area contributed by atoms with E-state index in [9.17, 15) is 13.2 Å². The van der Waals surface area contributed by atoms with Gasteiger partial charge in [-0.1, -0.05) is 12.2 Å². The van der Waals surface area contributed by atoms with Gasteiger partial charge in [0.25, 0.3) is 0 Å². The van der Waals surface area contributed by atoms with Gasteiger partial charge < -0.3 is 5.11 Å². The summed E-state index contributed by atoms with van der Waals surface area (Å²) in [5, 5.41) is 8.53. The lowest BCUT2D eigenvalue weighted by Crippen LogP contribution is -2.44. The second kappa shape index (κ2) is 5.45. The van der Waals surface area contributed by atoms with Crippen LogP contribution >= 0.6 is 0 Å². The summed E-state index contributed by atoms with van der Waals surface area (Å²) in [7, 11) is -3.43. The molecule has 94 valence electrons. The molecule has 0 saturated heterocycles. The molecule has 0 atom stereocenters. The number of carbonyl (C=O) groups is 1. The molecule has 0 aromatic rings. The zero-order chi connectivity index (χ0) is 13.0. The molecule has 0 aliphatic carbocycles. The Morgan fingerprint density at radius 3 is 2.31 bits per heavy atom. The van der Waals surface area contributed by atoms with E-state index in [0.29, 0.717) is 5.57 Å². The molecule has 0 aromatic carbocycles. The Hall–Kier alpha value is -0.880. The van der Waals surface area contributed by atoms with Crippen molar-refractivity contribution in [3.63, 3.8) is 0 Å². The normalized spacial score (nSPS) is 12.4. The first-order valence-corrected chi connectivity index (χ1v) is 6.57. The molecule has 0 spiro atoms. The predicted octanol–water partition coefficient (Wildman–Crippen LogP) is 1.13. The minimum absolute atomic E-state index is 0.0669. The molecule has 16 heavy (non-hydrogen) atoms. The van der Waals surface area contributed by atoms with Crippen LogP contribution in [-0.2, 0) is 14.8 Å². The van der Waals surface area contributed by atoms with Crippen molar-refractivity contribution in [2.24, 2.45) is 0 Å². The topological polar surface area (TPSA) is 83.5 Å². The Balaban J connectivity index is 4.45. The molecule has 0 aromatic heterocycles. The maximum Gasteiger partial charge on any atom is 0.303 e. The van der Waals surface area contributed by atoms with Gasteiger partial charge in [-0.25, -0.2) is 13.1 Å². The van der Waals surface area contributed by atoms with Gasteiger partial charge >= 0.3 is 5.97 Å². The summed E-state index contributed by atoms with van der Waals surface area (Å²) in [6, 6.07) is 0. The fourth-order valence-corrected chi connectivity index (χ4v) is 2.92. The van der Waals surface area contributed by atoms with Crippen molar-refractivity contribution < 1.29 is 18.3 Å². The molecule has 0 bridgehead atoms. The van der Waals surface area contributed by atoms with Crippen molar-refractivity contribution in [1.29, 1.82) is 0 Å². The lowest BCUT2D eigenvalue weighted by molar-refractivity contribution is -0.137. The van der Waals surface area contributed by atoms with E-state index in [2.05, 4.69) is 11.3 Å². The van der Waals surface area contributed by atoms with Crippen molar-refractivity contribution >= 4 is 16.0 Å². The van der Waals surface area contributed by atoms with E-state index in [1.807, 2.05) is 0 Å². The molecule has 0 saturated carbocycles. The van der Waals surface area contributed by atoms with Crippen LogP contribution in [0.2, 0.25) is 0 Å². The first-order valence-electron chi connectivity index (χ1n) is 4.92. The Bertz CT molecular complexity index is 370. The molecule has 0 heterocycles. The van der Waals surface area contributed by atoms with E-state index in [0.717, 1.165) is 0 Å². The van der Waals surface area contributed by atoms with Crippen LogP contribution in [-0.4, -0.2) is 30.8 Å². The predicted molar refractivity (Wildman–Crippen MR) is 62.7 cm³/mol. The molecule has 0 rings (SSSR count).